The van der Waals surface area contributed by atoms with Crippen molar-refractivity contribution in [3.63, 3.8) is 0 Å². The fourth-order valence-electron chi connectivity index (χ4n) is 2.60. The van der Waals surface area contributed by atoms with E-state index in [1.54, 1.807) is 0 Å². The molecule has 104 valence electrons. The zero-order valence-corrected chi connectivity index (χ0v) is 12.0. The van der Waals surface area contributed by atoms with Crippen LogP contribution in [0.1, 0.15) is 31.4 Å². The van der Waals surface area contributed by atoms with E-state index >= 15 is 0 Å². The van der Waals surface area contributed by atoms with Gasteiger partial charge in [-0.2, -0.15) is 0 Å². The molecule has 3 unspecified atom stereocenters. The largest absolute Gasteiger partial charge is 0.372 e. The van der Waals surface area contributed by atoms with E-state index in [9.17, 15) is 0 Å². The van der Waals surface area contributed by atoms with Crippen LogP contribution in [0.5, 0.6) is 0 Å². The topological polar surface area (TPSA) is 21.3 Å². The summed E-state index contributed by atoms with van der Waals surface area (Å²) < 4.78 is 6.18. The number of ether oxygens (including phenoxy) is 1. The number of hydrogen-bond acceptors (Lipinski definition) is 2. The van der Waals surface area contributed by atoms with E-state index in [-0.39, 0.29) is 6.10 Å². The second kappa shape index (κ2) is 7.46. The van der Waals surface area contributed by atoms with Crippen LogP contribution < -0.4 is 5.32 Å². The number of nitrogens with one attached hydrogen (secondary N) is 1. The lowest BCUT2D eigenvalue weighted by Gasteiger charge is -2.27. The minimum Gasteiger partial charge on any atom is -0.372 e. The first-order valence-corrected chi connectivity index (χ1v) is 7.27. The third-order valence-corrected chi connectivity index (χ3v) is 3.99. The first kappa shape index (κ1) is 14.3. The Balaban J connectivity index is 1.92. The Morgan fingerprint density at radius 3 is 2.63 bits per heavy atom. The molecule has 1 aliphatic carbocycles. The van der Waals surface area contributed by atoms with Crippen molar-refractivity contribution in [2.45, 2.75) is 25.9 Å². The highest BCUT2D eigenvalue weighted by molar-refractivity contribution is 5.17. The molecule has 2 heteroatoms. The average Bonchev–Trinajstić information content (AvgIpc) is 2.46. The smallest absolute Gasteiger partial charge is 0.0949 e. The standard InChI is InChI=1S/C17H25NO/c1-14-8-6-7-11-16(14)13-19-17(12-18-2)15-9-4-3-5-10-15/h3-7,9-10,14,16-18H,8,11-13H2,1-2H3. The predicted octanol–water partition coefficient (Wildman–Crippen LogP) is 3.57. The number of likely N-dealkylation sites (N-methyl/N-ethyl adjacent to an activating group) is 1. The Morgan fingerprint density at radius 1 is 1.21 bits per heavy atom. The Bertz CT molecular complexity index is 388. The maximum Gasteiger partial charge on any atom is 0.0949 e. The summed E-state index contributed by atoms with van der Waals surface area (Å²) in [6.07, 6.45) is 7.09. The molecule has 1 aromatic rings. The maximum atomic E-state index is 6.18. The van der Waals surface area contributed by atoms with Crippen LogP contribution in [-0.4, -0.2) is 20.2 Å². The highest BCUT2D eigenvalue weighted by Gasteiger charge is 2.20. The molecule has 1 aromatic carbocycles. The molecule has 0 aliphatic heterocycles. The minimum atomic E-state index is 0.157. The van der Waals surface area contributed by atoms with Gasteiger partial charge in [0.1, 0.15) is 0 Å². The van der Waals surface area contributed by atoms with E-state index in [4.69, 9.17) is 4.74 Å². The molecule has 0 aromatic heterocycles. The molecule has 2 nitrogen and oxygen atoms in total. The van der Waals surface area contributed by atoms with Gasteiger partial charge in [-0.25, -0.2) is 0 Å². The van der Waals surface area contributed by atoms with Crippen molar-refractivity contribution in [1.82, 2.24) is 5.32 Å². The molecule has 19 heavy (non-hydrogen) atoms. The number of hydrogen-bond donors (Lipinski definition) is 1. The molecule has 0 fully saturated rings. The van der Waals surface area contributed by atoms with Crippen LogP contribution in [0.2, 0.25) is 0 Å². The molecule has 1 aliphatic rings. The highest BCUT2D eigenvalue weighted by Crippen LogP contribution is 2.27. The van der Waals surface area contributed by atoms with Crippen molar-refractivity contribution >= 4 is 0 Å². The monoisotopic (exact) mass is 259 g/mol. The first-order valence-electron chi connectivity index (χ1n) is 7.27. The van der Waals surface area contributed by atoms with E-state index in [1.165, 1.54) is 12.0 Å². The van der Waals surface area contributed by atoms with Gasteiger partial charge in [0.2, 0.25) is 0 Å². The fourth-order valence-corrected chi connectivity index (χ4v) is 2.60. The van der Waals surface area contributed by atoms with Gasteiger partial charge in [-0.05, 0) is 37.3 Å². The highest BCUT2D eigenvalue weighted by atomic mass is 16.5. The second-order valence-electron chi connectivity index (χ2n) is 5.47. The average molecular weight is 259 g/mol. The van der Waals surface area contributed by atoms with Gasteiger partial charge in [0, 0.05) is 6.54 Å². The predicted molar refractivity (Wildman–Crippen MR) is 80.1 cm³/mol. The third-order valence-electron chi connectivity index (χ3n) is 3.99. The molecule has 0 radical (unpaired) electrons. The van der Waals surface area contributed by atoms with Crippen LogP contribution in [-0.2, 0) is 4.74 Å². The van der Waals surface area contributed by atoms with Crippen molar-refractivity contribution < 1.29 is 4.74 Å². The first-order chi connectivity index (χ1) is 9.31. The van der Waals surface area contributed by atoms with Gasteiger partial charge < -0.3 is 10.1 Å². The van der Waals surface area contributed by atoms with E-state index in [0.717, 1.165) is 25.5 Å². The number of rotatable bonds is 6. The molecule has 0 saturated carbocycles. The van der Waals surface area contributed by atoms with Crippen molar-refractivity contribution in [3.05, 3.63) is 48.0 Å². The summed E-state index contributed by atoms with van der Waals surface area (Å²) in [7, 11) is 1.98. The van der Waals surface area contributed by atoms with E-state index in [2.05, 4.69) is 48.7 Å². The Morgan fingerprint density at radius 2 is 1.95 bits per heavy atom. The van der Waals surface area contributed by atoms with E-state index < -0.39 is 0 Å². The molecule has 3 atom stereocenters. The molecule has 0 amide bonds. The van der Waals surface area contributed by atoms with Gasteiger partial charge in [-0.15, -0.1) is 0 Å². The van der Waals surface area contributed by atoms with Crippen LogP contribution in [0.25, 0.3) is 0 Å². The number of benzene rings is 1. The van der Waals surface area contributed by atoms with Crippen LogP contribution >= 0.6 is 0 Å². The van der Waals surface area contributed by atoms with Crippen LogP contribution in [0, 0.1) is 11.8 Å². The quantitative estimate of drug-likeness (QED) is 0.789. The molecule has 2 rings (SSSR count). The molecular formula is C17H25NO. The summed E-state index contributed by atoms with van der Waals surface area (Å²) >= 11 is 0. The van der Waals surface area contributed by atoms with Crippen LogP contribution in [0.4, 0.5) is 0 Å². The zero-order chi connectivity index (χ0) is 13.5. The summed E-state index contributed by atoms with van der Waals surface area (Å²) in [5, 5.41) is 3.23. The van der Waals surface area contributed by atoms with Gasteiger partial charge in [0.05, 0.1) is 12.7 Å². The van der Waals surface area contributed by atoms with Gasteiger partial charge in [-0.1, -0.05) is 49.4 Å². The Kier molecular flexibility index (Phi) is 5.62. The normalized spacial score (nSPS) is 24.3. The summed E-state index contributed by atoms with van der Waals surface area (Å²) in [4.78, 5) is 0. The summed E-state index contributed by atoms with van der Waals surface area (Å²) in [6, 6.07) is 10.5. The lowest BCUT2D eigenvalue weighted by atomic mass is 9.85. The SMILES string of the molecule is CNCC(OCC1CC=CCC1C)c1ccccc1. The summed E-state index contributed by atoms with van der Waals surface area (Å²) in [5.74, 6) is 1.39. The summed E-state index contributed by atoms with van der Waals surface area (Å²) in [6.45, 7) is 4.04. The van der Waals surface area contributed by atoms with Gasteiger partial charge in [0.15, 0.2) is 0 Å². The van der Waals surface area contributed by atoms with Gasteiger partial charge in [0.25, 0.3) is 0 Å². The molecule has 0 saturated heterocycles. The fraction of sp³-hybridized carbons (Fsp3) is 0.529. The Hall–Kier alpha value is -1.12. The summed E-state index contributed by atoms with van der Waals surface area (Å²) in [5.41, 5.74) is 1.26. The minimum absolute atomic E-state index is 0.157. The maximum absolute atomic E-state index is 6.18. The van der Waals surface area contributed by atoms with Crippen molar-refractivity contribution in [2.75, 3.05) is 20.2 Å². The molecular weight excluding hydrogens is 234 g/mol. The van der Waals surface area contributed by atoms with Crippen molar-refractivity contribution in [3.8, 4) is 0 Å². The third kappa shape index (κ3) is 4.19. The van der Waals surface area contributed by atoms with Crippen molar-refractivity contribution in [1.29, 1.82) is 0 Å². The lowest BCUT2D eigenvalue weighted by Crippen LogP contribution is -2.25. The molecule has 0 heterocycles. The van der Waals surface area contributed by atoms with Gasteiger partial charge >= 0.3 is 0 Å². The van der Waals surface area contributed by atoms with E-state index in [0.29, 0.717) is 5.92 Å². The van der Waals surface area contributed by atoms with Crippen LogP contribution in [0.3, 0.4) is 0 Å². The number of allylic oxidation sites excluding steroid dienone is 2. The second-order valence-corrected chi connectivity index (χ2v) is 5.47. The van der Waals surface area contributed by atoms with E-state index in [1.807, 2.05) is 13.1 Å². The van der Waals surface area contributed by atoms with Crippen LogP contribution in [0.15, 0.2) is 42.5 Å². The zero-order valence-electron chi connectivity index (χ0n) is 12.0. The van der Waals surface area contributed by atoms with Crippen molar-refractivity contribution in [2.24, 2.45) is 11.8 Å². The molecule has 0 spiro atoms. The lowest BCUT2D eigenvalue weighted by molar-refractivity contribution is 0.0166. The Labute approximate surface area is 116 Å². The molecule has 0 bridgehead atoms. The van der Waals surface area contributed by atoms with Gasteiger partial charge in [-0.3, -0.25) is 0 Å². The molecule has 1 N–H and O–H groups in total.